The maximum atomic E-state index is 11.5. The summed E-state index contributed by atoms with van der Waals surface area (Å²) in [6, 6.07) is 34.8. The van der Waals surface area contributed by atoms with Gasteiger partial charge in [-0.25, -0.2) is 4.79 Å². The zero-order valence-electron chi connectivity index (χ0n) is 68.7. The van der Waals surface area contributed by atoms with Crippen LogP contribution in [0.5, 0.6) is 69.0 Å². The first kappa shape index (κ1) is 105. The molecule has 11 aliphatic heterocycles. The summed E-state index contributed by atoms with van der Waals surface area (Å²) in [7, 11) is 5.42. The van der Waals surface area contributed by atoms with Crippen LogP contribution in [0.4, 0.5) is 27.5 Å². The van der Waals surface area contributed by atoms with Gasteiger partial charge in [0.15, 0.2) is 26.4 Å². The average molecular weight is 2080 g/mol. The molecular weight excluding hydrogens is 1980 g/mol. The molecule has 17 rings (SSSR count). The molecule has 118 heavy (non-hydrogen) atoms. The van der Waals surface area contributed by atoms with Crippen LogP contribution in [0.3, 0.4) is 0 Å². The molecule has 0 aromatic heterocycles. The third-order valence-corrected chi connectivity index (χ3v) is 19.1. The first-order valence-electron chi connectivity index (χ1n) is 37.4. The molecule has 0 spiro atoms. The van der Waals surface area contributed by atoms with Gasteiger partial charge in [0.25, 0.3) is 30.1 Å². The molecule has 6 aromatic rings. The molecule has 5 fully saturated rings. The van der Waals surface area contributed by atoms with E-state index >= 15 is 0 Å². The number of likely N-dealkylation sites (tertiary alicyclic amines) is 2. The Hall–Kier alpha value is -3.44. The molecule has 2 radical (unpaired) electrons. The van der Waals surface area contributed by atoms with E-state index in [1.54, 1.807) is 6.07 Å². The van der Waals surface area contributed by atoms with E-state index in [-0.39, 0.29) is 323 Å². The van der Waals surface area contributed by atoms with Crippen molar-refractivity contribution >= 4 is 91.2 Å². The Morgan fingerprint density at radius 1 is 0.593 bits per heavy atom. The summed E-state index contributed by atoms with van der Waals surface area (Å²) in [6.45, 7) is 28.6. The summed E-state index contributed by atoms with van der Waals surface area (Å²) < 4.78 is 71.4. The Bertz CT molecular complexity index is 4230. The maximum Gasteiger partial charge on any atom is 1.00 e. The molecule has 38 heteroatoms. The number of carbonyl (C=O) groups excluding carboxylic acids is 6. The van der Waals surface area contributed by atoms with Crippen LogP contribution in [0, 0.1) is 31.9 Å². The number of β-amino-alcohol motifs (C(OH)–C–C–N with tert-alkyl or cyclic N) is 1. The summed E-state index contributed by atoms with van der Waals surface area (Å²) in [4.78, 5) is 71.3. The maximum absolute atomic E-state index is 11.5. The van der Waals surface area contributed by atoms with Gasteiger partial charge >= 0.3 is 144 Å². The van der Waals surface area contributed by atoms with Crippen molar-refractivity contribution in [1.82, 2.24) is 24.5 Å². The minimum atomic E-state index is -0.454. The van der Waals surface area contributed by atoms with Gasteiger partial charge in [-0.1, -0.05) is 32.6 Å². The molecule has 6 aromatic carbocycles. The molecule has 0 bridgehead atoms. The van der Waals surface area contributed by atoms with Crippen molar-refractivity contribution in [1.29, 1.82) is 0 Å². The summed E-state index contributed by atoms with van der Waals surface area (Å²) in [6.07, 6.45) is 5.86. The number of phenolic OH excluding ortho intramolecular Hbond substituents is 1. The molecule has 628 valence electrons. The molecule has 0 saturated carbocycles. The number of benzene rings is 6. The molecule has 2 unspecified atom stereocenters. The van der Waals surface area contributed by atoms with Crippen molar-refractivity contribution in [3.63, 3.8) is 0 Å². The molecule has 31 nitrogen and oxygen atoms in total. The van der Waals surface area contributed by atoms with E-state index in [0.717, 1.165) is 117 Å². The third-order valence-electron chi connectivity index (χ3n) is 18.2. The summed E-state index contributed by atoms with van der Waals surface area (Å²) in [5, 5.41) is 40.9. The Labute approximate surface area is 870 Å². The standard InChI is InChI=1S/C22H22N2O5.C12H15N2O3P.C12H14N2O3.C11H12O2.C9H17NO3.C8H7NO3.C5H12NP.CH2O3.2Cs.H2S.2Y.H/c1-14-2-4-20-21(8-14)29-17(12-26-20)11-24-7-6-16(10-24)28-15-3-5-19-18(9-15)23-22(25)13-27-19;15-12-7-16-11-2-1-8(5-10(11)13-12)17-9-3-4-14(18)6-9;15-12-7-16-11-2-1-8(5-10(11)14-12)17-9-3-4-13-6-9;1-3-9-7-12-10-5-4-8(2)6-11(10)13-9;1-9(2,3)13-8(12)10-5-4-7(11)6-10;10-5-1-2-7-6(3-5)9-8(11)4-12-7;1-5-2-3-6(7)4-5;2-1-4-3;;;;;;/h2-5,9,16-17H,1,6-7,10-13H2,(H,23,25);1-2,5,9H,3-4,6-7,18H2,(H,13,15);1-2,5,9,13H,3-4,6-7H2,(H,14,15);4-5,9H,2-3,7H2,1H3;7,11H,4-6H2,1-3H3;1-3,10H,4H2,(H,9,11);5H,2-4,7H2,1H3;1,3H;;;1H2;;;/q-2;;;-2;;;;;2*+1;;;;-1/p-1/t16-,17-;3*9-;7-;;5-;;;;;;;/m00001.1......./s1. The van der Waals surface area contributed by atoms with Crippen LogP contribution >= 0.6 is 32.3 Å². The quantitative estimate of drug-likeness (QED) is 0.0339. The number of hydrogen-bond donors (Lipinski definition) is 7. The number of carbonyl (C=O) groups is 6. The predicted octanol–water partition coefficient (Wildman–Crippen LogP) is 2.02. The van der Waals surface area contributed by atoms with Gasteiger partial charge in [-0.05, 0) is 120 Å². The number of ether oxygens (including phenoxy) is 12. The average Bonchev–Trinajstić information content (AvgIpc) is 1.29. The fraction of sp³-hybridized carbons (Fsp3) is 0.450. The fourth-order valence-corrected chi connectivity index (χ4v) is 13.5. The van der Waals surface area contributed by atoms with Crippen molar-refractivity contribution < 1.29 is 311 Å². The van der Waals surface area contributed by atoms with Gasteiger partial charge in [-0.3, -0.25) is 50.3 Å². The molecule has 11 heterocycles. The van der Waals surface area contributed by atoms with Gasteiger partial charge in [0.1, 0.15) is 107 Å². The number of aliphatic hydroxyl groups is 1. The van der Waals surface area contributed by atoms with E-state index in [2.05, 4.69) is 104 Å². The van der Waals surface area contributed by atoms with Crippen LogP contribution in [0.15, 0.2) is 97.1 Å². The Morgan fingerprint density at radius 2 is 1.03 bits per heavy atom. The summed E-state index contributed by atoms with van der Waals surface area (Å²) in [5.74, 6) is 8.18. The Morgan fingerprint density at radius 3 is 1.43 bits per heavy atom. The van der Waals surface area contributed by atoms with E-state index in [9.17, 15) is 29.1 Å². The molecule has 0 aliphatic carbocycles. The third kappa shape index (κ3) is 35.2. The molecular formula is C80H103Cs2N9O22P2SY2-4. The zero-order chi connectivity index (χ0) is 80.6. The fourth-order valence-electron chi connectivity index (χ4n) is 12.6. The second-order valence-corrected chi connectivity index (χ2v) is 30.3. The van der Waals surface area contributed by atoms with E-state index in [1.807, 2.05) is 99.6 Å². The summed E-state index contributed by atoms with van der Waals surface area (Å²) in [5.41, 5.74) is 3.71. The van der Waals surface area contributed by atoms with E-state index in [4.69, 9.17) is 72.0 Å². The van der Waals surface area contributed by atoms with Crippen molar-refractivity contribution in [2.45, 2.75) is 115 Å². The minimum Gasteiger partial charge on any atom is -1.00 e. The second-order valence-electron chi connectivity index (χ2n) is 28.9. The molecule has 5 saturated heterocycles. The van der Waals surface area contributed by atoms with Crippen molar-refractivity contribution in [2.75, 3.05) is 133 Å². The van der Waals surface area contributed by atoms with Crippen LogP contribution in [0.1, 0.15) is 85.7 Å². The number of anilines is 4. The van der Waals surface area contributed by atoms with Crippen LogP contribution < -0.4 is 222 Å². The zero-order valence-corrected chi connectivity index (χ0v) is 89.2. The molecule has 7 N–H and O–H groups in total. The number of nitrogens with one attached hydrogen (secondary N) is 5. The van der Waals surface area contributed by atoms with Crippen molar-refractivity contribution in [3.8, 4) is 69.0 Å². The number of aromatic hydroxyl groups is 1. The monoisotopic (exact) mass is 2080 g/mol. The summed E-state index contributed by atoms with van der Waals surface area (Å²) >= 11 is 0. The number of amides is 5. The normalized spacial score (nSPS) is 20.9. The van der Waals surface area contributed by atoms with Crippen LogP contribution in [0.25, 0.3) is 0 Å². The van der Waals surface area contributed by atoms with Gasteiger partial charge in [-0.2, -0.15) is 13.5 Å². The predicted molar refractivity (Wildman–Crippen MR) is 433 cm³/mol. The van der Waals surface area contributed by atoms with Gasteiger partial charge in [-0.15, -0.1) is 12.1 Å². The second kappa shape index (κ2) is 53.1. The van der Waals surface area contributed by atoms with Crippen LogP contribution in [-0.4, -0.2) is 219 Å². The Kier molecular flexibility index (Phi) is 47.3. The van der Waals surface area contributed by atoms with E-state index in [0.29, 0.717) is 90.0 Å². The molecule has 9 atom stereocenters. The topological polar surface area (TPSA) is 359 Å². The van der Waals surface area contributed by atoms with Crippen LogP contribution in [0.2, 0.25) is 0 Å². The first-order valence-corrected chi connectivity index (χ1v) is 38.4. The molecule has 11 aliphatic rings. The number of phenols is 1. The van der Waals surface area contributed by atoms with Crippen molar-refractivity contribution in [3.05, 3.63) is 134 Å². The first-order chi connectivity index (χ1) is 54.3. The Balaban J connectivity index is 0.000000297. The number of hydrogen-bond acceptors (Lipinski definition) is 26. The minimum absolute atomic E-state index is 0. The van der Waals surface area contributed by atoms with Gasteiger partial charge < -0.3 is 147 Å². The SMILES string of the molecule is CC(C)(C)OC(=O)N1CC[C@@H](O)C1.C[C@@H]1CCN(P)C1.O=C1COc2ccc(O)cc2N1.O=C1COc2ccc(O[C@H]3CCN(P)C3)cc2N1.O=C1COc2ccc(O[C@H]3CCNC3)cc2N1.O=CO[O-].S.[CH2-]c1[c-]c2c(cc1)OC[C@H](CC)O2.[CH2-]c1[c-]c2c(cc1)OC[C@H](CN1CC[C@H](Oc3ccc4c(c3)NC(=O)CO4)C1)O2.[Cs+].[Cs+].[H-].[Y].[Y]. The number of nitrogens with zero attached hydrogens (tertiary/aromatic N) is 4. The van der Waals surface area contributed by atoms with Gasteiger partial charge in [0, 0.05) is 167 Å². The van der Waals surface area contributed by atoms with E-state index < -0.39 is 5.60 Å². The van der Waals surface area contributed by atoms with Crippen LogP contribution in [-0.2, 0) is 99.0 Å². The largest absolute Gasteiger partial charge is 1.00 e. The molecule has 5 amide bonds. The number of rotatable bonds is 10. The van der Waals surface area contributed by atoms with Gasteiger partial charge in [0.2, 0.25) is 0 Å². The number of fused-ring (bicyclic) bond motifs is 6. The van der Waals surface area contributed by atoms with E-state index in [1.165, 1.54) is 36.5 Å². The number of aliphatic hydroxyl groups excluding tert-OH is 1. The smallest absolute Gasteiger partial charge is 1.00 e. The van der Waals surface area contributed by atoms with Gasteiger partial charge in [0.05, 0.1) is 28.9 Å². The van der Waals surface area contributed by atoms with Crippen molar-refractivity contribution in [2.24, 2.45) is 5.92 Å².